The number of imidazole rings is 1. The third-order valence-electron chi connectivity index (χ3n) is 3.78. The first-order valence-electron chi connectivity index (χ1n) is 8.02. The molecule has 0 saturated heterocycles. The molecule has 0 bridgehead atoms. The first-order chi connectivity index (χ1) is 11.5. The highest BCUT2D eigenvalue weighted by molar-refractivity contribution is 6.30. The molecule has 5 heteroatoms. The molecule has 0 aliphatic carbocycles. The Labute approximate surface area is 146 Å². The lowest BCUT2D eigenvalue weighted by Crippen LogP contribution is -2.25. The maximum Gasteiger partial charge on any atom is 0.251 e. The van der Waals surface area contributed by atoms with Gasteiger partial charge in [-0.3, -0.25) is 4.79 Å². The van der Waals surface area contributed by atoms with Crippen molar-refractivity contribution in [3.8, 4) is 0 Å². The van der Waals surface area contributed by atoms with Crippen molar-refractivity contribution >= 4 is 28.5 Å². The molecular weight excluding hydrogens is 322 g/mol. The molecule has 0 spiro atoms. The van der Waals surface area contributed by atoms with Crippen molar-refractivity contribution < 1.29 is 4.79 Å². The number of amides is 1. The maximum absolute atomic E-state index is 12.3. The molecule has 2 aromatic carbocycles. The molecule has 3 rings (SSSR count). The first kappa shape index (κ1) is 16.5. The van der Waals surface area contributed by atoms with Gasteiger partial charge in [0.15, 0.2) is 0 Å². The summed E-state index contributed by atoms with van der Waals surface area (Å²) in [6, 6.07) is 15.0. The van der Waals surface area contributed by atoms with Crippen LogP contribution in [0.25, 0.3) is 11.0 Å². The maximum atomic E-state index is 12.3. The Balaban J connectivity index is 1.83. The molecule has 1 heterocycles. The Hall–Kier alpha value is -2.33. The van der Waals surface area contributed by atoms with E-state index in [1.165, 1.54) is 0 Å². The lowest BCUT2D eigenvalue weighted by Gasteiger charge is -2.12. The number of nitrogens with one attached hydrogen (secondary N) is 1. The Morgan fingerprint density at radius 2 is 2.00 bits per heavy atom. The zero-order valence-electron chi connectivity index (χ0n) is 13.8. The van der Waals surface area contributed by atoms with Crippen LogP contribution in [0, 0.1) is 5.92 Å². The number of hydrogen-bond donors (Lipinski definition) is 1. The predicted molar refractivity (Wildman–Crippen MR) is 97.2 cm³/mol. The van der Waals surface area contributed by atoms with Gasteiger partial charge < -0.3 is 9.88 Å². The topological polar surface area (TPSA) is 46.9 Å². The Kier molecular flexibility index (Phi) is 4.86. The lowest BCUT2D eigenvalue weighted by atomic mass is 10.2. The molecule has 0 aliphatic rings. The number of fused-ring (bicyclic) bond motifs is 1. The molecule has 0 saturated carbocycles. The van der Waals surface area contributed by atoms with Crippen LogP contribution in [0.3, 0.4) is 0 Å². The lowest BCUT2D eigenvalue weighted by molar-refractivity contribution is 0.0949. The highest BCUT2D eigenvalue weighted by atomic mass is 35.5. The van der Waals surface area contributed by atoms with Crippen molar-refractivity contribution in [2.24, 2.45) is 5.92 Å². The summed E-state index contributed by atoms with van der Waals surface area (Å²) in [5, 5.41) is 3.49. The van der Waals surface area contributed by atoms with Crippen LogP contribution in [-0.2, 0) is 13.1 Å². The van der Waals surface area contributed by atoms with Gasteiger partial charge in [-0.15, -0.1) is 0 Å². The number of hydrogen-bond acceptors (Lipinski definition) is 2. The second-order valence-corrected chi connectivity index (χ2v) is 6.65. The molecule has 0 radical (unpaired) electrons. The van der Waals surface area contributed by atoms with Crippen molar-refractivity contribution in [3.63, 3.8) is 0 Å². The summed E-state index contributed by atoms with van der Waals surface area (Å²) in [4.78, 5) is 17.0. The number of nitrogens with zero attached hydrogens (tertiary/aromatic N) is 2. The van der Waals surface area contributed by atoms with E-state index in [-0.39, 0.29) is 5.91 Å². The number of aromatic nitrogens is 2. The number of carbonyl (C=O) groups is 1. The van der Waals surface area contributed by atoms with Crippen LogP contribution in [0.15, 0.2) is 48.5 Å². The van der Waals surface area contributed by atoms with Gasteiger partial charge >= 0.3 is 0 Å². The summed E-state index contributed by atoms with van der Waals surface area (Å²) >= 11 is 5.95. The highest BCUT2D eigenvalue weighted by Crippen LogP contribution is 2.18. The molecule has 1 N–H and O–H groups in total. The van der Waals surface area contributed by atoms with Crippen molar-refractivity contribution in [3.05, 3.63) is 64.9 Å². The summed E-state index contributed by atoms with van der Waals surface area (Å²) in [6.45, 7) is 5.59. The van der Waals surface area contributed by atoms with Crippen molar-refractivity contribution in [1.82, 2.24) is 14.9 Å². The Morgan fingerprint density at radius 1 is 1.21 bits per heavy atom. The van der Waals surface area contributed by atoms with Gasteiger partial charge in [-0.25, -0.2) is 4.98 Å². The third-order valence-corrected chi connectivity index (χ3v) is 4.01. The van der Waals surface area contributed by atoms with Crippen LogP contribution in [-0.4, -0.2) is 15.5 Å². The van der Waals surface area contributed by atoms with Crippen molar-refractivity contribution in [2.75, 3.05) is 0 Å². The summed E-state index contributed by atoms with van der Waals surface area (Å²) in [5.74, 6) is 1.20. The van der Waals surface area contributed by atoms with Crippen LogP contribution in [0.2, 0.25) is 5.02 Å². The summed E-state index contributed by atoms with van der Waals surface area (Å²) in [5.41, 5.74) is 2.59. The Morgan fingerprint density at radius 3 is 2.75 bits per heavy atom. The highest BCUT2D eigenvalue weighted by Gasteiger charge is 2.13. The average Bonchev–Trinajstić information content (AvgIpc) is 2.90. The second-order valence-electron chi connectivity index (χ2n) is 6.21. The van der Waals surface area contributed by atoms with E-state index < -0.39 is 0 Å². The molecule has 4 nitrogen and oxygen atoms in total. The normalized spacial score (nSPS) is 11.2. The fourth-order valence-electron chi connectivity index (χ4n) is 2.72. The minimum absolute atomic E-state index is 0.152. The molecule has 3 aromatic rings. The van der Waals surface area contributed by atoms with Crippen molar-refractivity contribution in [2.45, 2.75) is 26.9 Å². The van der Waals surface area contributed by atoms with Crippen LogP contribution in [0.1, 0.15) is 30.0 Å². The van der Waals surface area contributed by atoms with E-state index in [1.54, 1.807) is 24.3 Å². The SMILES string of the molecule is CC(C)Cn1c(CNC(=O)c2cccc(Cl)c2)nc2ccccc21. The van der Waals surface area contributed by atoms with E-state index in [9.17, 15) is 4.79 Å². The quantitative estimate of drug-likeness (QED) is 0.753. The fraction of sp³-hybridized carbons (Fsp3) is 0.263. The molecule has 0 unspecified atom stereocenters. The number of benzene rings is 2. The minimum Gasteiger partial charge on any atom is -0.345 e. The summed E-state index contributed by atoms with van der Waals surface area (Å²) in [7, 11) is 0. The minimum atomic E-state index is -0.152. The molecule has 1 aromatic heterocycles. The molecular formula is C19H20ClN3O. The van der Waals surface area contributed by atoms with E-state index in [0.29, 0.717) is 23.0 Å². The van der Waals surface area contributed by atoms with Crippen LogP contribution in [0.4, 0.5) is 0 Å². The van der Waals surface area contributed by atoms with Gasteiger partial charge in [0.25, 0.3) is 5.91 Å². The van der Waals surface area contributed by atoms with E-state index in [2.05, 4.69) is 34.8 Å². The van der Waals surface area contributed by atoms with Gasteiger partial charge in [0, 0.05) is 17.1 Å². The smallest absolute Gasteiger partial charge is 0.251 e. The number of rotatable bonds is 5. The predicted octanol–water partition coefficient (Wildman–Crippen LogP) is 4.28. The van der Waals surface area contributed by atoms with Gasteiger partial charge in [0.2, 0.25) is 0 Å². The third kappa shape index (κ3) is 3.60. The first-order valence-corrected chi connectivity index (χ1v) is 8.40. The van der Waals surface area contributed by atoms with Crippen LogP contribution < -0.4 is 5.32 Å². The standard InChI is InChI=1S/C19H20ClN3O/c1-13(2)12-23-17-9-4-3-8-16(17)22-18(23)11-21-19(24)14-6-5-7-15(20)10-14/h3-10,13H,11-12H2,1-2H3,(H,21,24). The van der Waals surface area contributed by atoms with E-state index in [4.69, 9.17) is 11.6 Å². The fourth-order valence-corrected chi connectivity index (χ4v) is 2.91. The monoisotopic (exact) mass is 341 g/mol. The van der Waals surface area contributed by atoms with Crippen molar-refractivity contribution in [1.29, 1.82) is 0 Å². The van der Waals surface area contributed by atoms with Gasteiger partial charge in [0.05, 0.1) is 17.6 Å². The molecule has 24 heavy (non-hydrogen) atoms. The van der Waals surface area contributed by atoms with E-state index >= 15 is 0 Å². The van der Waals surface area contributed by atoms with Gasteiger partial charge in [0.1, 0.15) is 5.82 Å². The van der Waals surface area contributed by atoms with E-state index in [0.717, 1.165) is 23.4 Å². The van der Waals surface area contributed by atoms with Crippen LogP contribution >= 0.6 is 11.6 Å². The molecule has 1 amide bonds. The van der Waals surface area contributed by atoms with Crippen LogP contribution in [0.5, 0.6) is 0 Å². The van der Waals surface area contributed by atoms with Gasteiger partial charge in [-0.05, 0) is 36.2 Å². The molecule has 0 aliphatic heterocycles. The average molecular weight is 342 g/mol. The van der Waals surface area contributed by atoms with Gasteiger partial charge in [-0.1, -0.05) is 43.6 Å². The number of para-hydroxylation sites is 2. The zero-order valence-corrected chi connectivity index (χ0v) is 14.5. The second kappa shape index (κ2) is 7.05. The molecule has 0 atom stereocenters. The van der Waals surface area contributed by atoms with E-state index in [1.807, 2.05) is 18.2 Å². The largest absolute Gasteiger partial charge is 0.345 e. The molecule has 124 valence electrons. The Bertz CT molecular complexity index is 870. The number of halogens is 1. The zero-order chi connectivity index (χ0) is 17.1. The number of carbonyl (C=O) groups excluding carboxylic acids is 1. The van der Waals surface area contributed by atoms with Gasteiger partial charge in [-0.2, -0.15) is 0 Å². The summed E-state index contributed by atoms with van der Waals surface area (Å²) < 4.78 is 2.18. The summed E-state index contributed by atoms with van der Waals surface area (Å²) in [6.07, 6.45) is 0. The molecule has 0 fully saturated rings.